The second kappa shape index (κ2) is 2.90. The van der Waals surface area contributed by atoms with Crippen molar-refractivity contribution in [2.24, 2.45) is 16.7 Å². The summed E-state index contributed by atoms with van der Waals surface area (Å²) in [6.07, 6.45) is 5.75. The number of rotatable bonds is 2. The van der Waals surface area contributed by atoms with E-state index in [0.29, 0.717) is 5.41 Å². The van der Waals surface area contributed by atoms with Crippen molar-refractivity contribution in [2.75, 3.05) is 12.0 Å². The van der Waals surface area contributed by atoms with Gasteiger partial charge in [0.1, 0.15) is 0 Å². The molecule has 0 spiro atoms. The van der Waals surface area contributed by atoms with E-state index in [9.17, 15) is 5.11 Å². The Hall–Kier alpha value is 0.310. The molecule has 3 atom stereocenters. The maximum Gasteiger partial charge on any atom is 0.0612 e. The molecule has 0 aromatic carbocycles. The van der Waals surface area contributed by atoms with Gasteiger partial charge in [-0.25, -0.2) is 0 Å². The third-order valence-electron chi connectivity index (χ3n) is 4.79. The van der Waals surface area contributed by atoms with E-state index in [1.54, 1.807) is 0 Å². The van der Waals surface area contributed by atoms with Crippen LogP contribution in [0.15, 0.2) is 0 Å². The van der Waals surface area contributed by atoms with E-state index in [1.165, 1.54) is 12.8 Å². The fourth-order valence-electron chi connectivity index (χ4n) is 3.64. The van der Waals surface area contributed by atoms with Crippen molar-refractivity contribution in [3.05, 3.63) is 0 Å². The largest absolute Gasteiger partial charge is 0.392 e. The molecule has 2 fully saturated rings. The van der Waals surface area contributed by atoms with Crippen LogP contribution >= 0.6 is 11.8 Å². The van der Waals surface area contributed by atoms with Crippen LogP contribution in [0, 0.1) is 16.7 Å². The van der Waals surface area contributed by atoms with Gasteiger partial charge in [-0.2, -0.15) is 11.8 Å². The van der Waals surface area contributed by atoms with E-state index >= 15 is 0 Å². The molecule has 2 rings (SSSR count). The standard InChI is InChI=1S/C11H20OS/c1-10(2)8-4-5-11(10,7-13-3)9(12)6-8/h8-9,12H,4-7H2,1-3H3/t8-,9+,11-/m0/s1. The number of aliphatic hydroxyl groups excluding tert-OH is 1. The first-order valence-corrected chi connectivity index (χ1v) is 6.61. The third-order valence-corrected chi connectivity index (χ3v) is 5.59. The van der Waals surface area contributed by atoms with Gasteiger partial charge in [0, 0.05) is 11.2 Å². The van der Waals surface area contributed by atoms with Crippen LogP contribution in [0.2, 0.25) is 0 Å². The zero-order valence-electron chi connectivity index (χ0n) is 8.84. The van der Waals surface area contributed by atoms with Gasteiger partial charge in [-0.3, -0.25) is 0 Å². The summed E-state index contributed by atoms with van der Waals surface area (Å²) in [4.78, 5) is 0. The van der Waals surface area contributed by atoms with Crippen molar-refractivity contribution in [1.29, 1.82) is 0 Å². The lowest BCUT2D eigenvalue weighted by Gasteiger charge is -2.40. The quantitative estimate of drug-likeness (QED) is 0.739. The smallest absolute Gasteiger partial charge is 0.0612 e. The maximum atomic E-state index is 10.1. The Morgan fingerprint density at radius 1 is 1.46 bits per heavy atom. The van der Waals surface area contributed by atoms with Crippen LogP contribution in [0.3, 0.4) is 0 Å². The van der Waals surface area contributed by atoms with Crippen LogP contribution in [-0.4, -0.2) is 23.2 Å². The summed E-state index contributed by atoms with van der Waals surface area (Å²) in [5, 5.41) is 10.1. The fourth-order valence-corrected chi connectivity index (χ4v) is 4.86. The Labute approximate surface area is 85.3 Å². The zero-order chi connectivity index (χ0) is 9.69. The lowest BCUT2D eigenvalue weighted by atomic mass is 9.70. The molecule has 0 heterocycles. The van der Waals surface area contributed by atoms with E-state index in [-0.39, 0.29) is 11.5 Å². The molecule has 0 radical (unpaired) electrons. The molecule has 1 nitrogen and oxygen atoms in total. The van der Waals surface area contributed by atoms with E-state index in [4.69, 9.17) is 0 Å². The summed E-state index contributed by atoms with van der Waals surface area (Å²) in [5.41, 5.74) is 0.604. The van der Waals surface area contributed by atoms with Crippen LogP contribution in [0.5, 0.6) is 0 Å². The van der Waals surface area contributed by atoms with Crippen molar-refractivity contribution in [3.8, 4) is 0 Å². The van der Waals surface area contributed by atoms with Crippen molar-refractivity contribution < 1.29 is 5.11 Å². The second-order valence-electron chi connectivity index (χ2n) is 5.30. The van der Waals surface area contributed by atoms with Gasteiger partial charge in [0.25, 0.3) is 0 Å². The molecule has 0 aromatic rings. The first-order chi connectivity index (χ1) is 6.04. The van der Waals surface area contributed by atoms with Crippen molar-refractivity contribution in [2.45, 2.75) is 39.2 Å². The van der Waals surface area contributed by atoms with Crippen LogP contribution in [0.1, 0.15) is 33.1 Å². The number of aliphatic hydroxyl groups is 1. The first-order valence-electron chi connectivity index (χ1n) is 5.21. The summed E-state index contributed by atoms with van der Waals surface area (Å²) in [5.74, 6) is 1.91. The summed E-state index contributed by atoms with van der Waals surface area (Å²) >= 11 is 1.90. The molecule has 2 aliphatic rings. The van der Waals surface area contributed by atoms with Crippen LogP contribution in [0.4, 0.5) is 0 Å². The highest BCUT2D eigenvalue weighted by atomic mass is 32.2. The summed E-state index contributed by atoms with van der Waals surface area (Å²) in [7, 11) is 0. The van der Waals surface area contributed by atoms with Gasteiger partial charge in [-0.1, -0.05) is 13.8 Å². The number of hydrogen-bond acceptors (Lipinski definition) is 2. The van der Waals surface area contributed by atoms with Crippen molar-refractivity contribution in [1.82, 2.24) is 0 Å². The Morgan fingerprint density at radius 3 is 2.54 bits per heavy atom. The molecule has 2 heteroatoms. The average molecular weight is 200 g/mol. The average Bonchev–Trinajstić information content (AvgIpc) is 2.38. The highest BCUT2D eigenvalue weighted by Crippen LogP contribution is 2.66. The van der Waals surface area contributed by atoms with Gasteiger partial charge in [0.15, 0.2) is 0 Å². The topological polar surface area (TPSA) is 20.2 Å². The van der Waals surface area contributed by atoms with Gasteiger partial charge >= 0.3 is 0 Å². The van der Waals surface area contributed by atoms with Crippen LogP contribution in [-0.2, 0) is 0 Å². The summed E-state index contributed by atoms with van der Waals surface area (Å²) in [6.45, 7) is 4.72. The molecule has 0 amide bonds. The molecule has 0 unspecified atom stereocenters. The fraction of sp³-hybridized carbons (Fsp3) is 1.00. The Balaban J connectivity index is 2.31. The Kier molecular flexibility index (Phi) is 2.20. The monoisotopic (exact) mass is 200 g/mol. The van der Waals surface area contributed by atoms with Crippen molar-refractivity contribution >= 4 is 11.8 Å². The van der Waals surface area contributed by atoms with E-state index < -0.39 is 0 Å². The van der Waals surface area contributed by atoms with Crippen molar-refractivity contribution in [3.63, 3.8) is 0 Å². The summed E-state index contributed by atoms with van der Waals surface area (Å²) < 4.78 is 0. The Morgan fingerprint density at radius 2 is 2.15 bits per heavy atom. The van der Waals surface area contributed by atoms with E-state index in [2.05, 4.69) is 20.1 Å². The molecule has 0 aromatic heterocycles. The predicted molar refractivity (Wildman–Crippen MR) is 57.9 cm³/mol. The normalized spacial score (nSPS) is 47.1. The van der Waals surface area contributed by atoms with E-state index in [1.807, 2.05) is 11.8 Å². The minimum Gasteiger partial charge on any atom is -0.392 e. The minimum atomic E-state index is -0.0336. The van der Waals surface area contributed by atoms with Gasteiger partial charge < -0.3 is 5.11 Å². The molecule has 0 aliphatic heterocycles. The maximum absolute atomic E-state index is 10.1. The number of hydrogen-bond donors (Lipinski definition) is 1. The Bertz CT molecular complexity index is 214. The number of thioether (sulfide) groups is 1. The first kappa shape index (κ1) is 9.85. The SMILES string of the molecule is CSC[C@@]12CC[C@@H](C[C@H]1O)C2(C)C. The molecule has 2 bridgehead atoms. The van der Waals surface area contributed by atoms with Gasteiger partial charge in [-0.15, -0.1) is 0 Å². The van der Waals surface area contributed by atoms with Crippen LogP contribution in [0.25, 0.3) is 0 Å². The summed E-state index contributed by atoms with van der Waals surface area (Å²) in [6, 6.07) is 0. The second-order valence-corrected chi connectivity index (χ2v) is 6.16. The highest BCUT2D eigenvalue weighted by molar-refractivity contribution is 7.98. The molecule has 1 N–H and O–H groups in total. The van der Waals surface area contributed by atoms with Gasteiger partial charge in [0.05, 0.1) is 6.10 Å². The lowest BCUT2D eigenvalue weighted by Crippen LogP contribution is -2.40. The lowest BCUT2D eigenvalue weighted by molar-refractivity contribution is 0.0168. The molecule has 2 aliphatic carbocycles. The molecule has 0 saturated heterocycles. The molecule has 13 heavy (non-hydrogen) atoms. The highest BCUT2D eigenvalue weighted by Gasteiger charge is 2.63. The van der Waals surface area contributed by atoms with Crippen LogP contribution < -0.4 is 0 Å². The predicted octanol–water partition coefficient (Wildman–Crippen LogP) is 2.54. The van der Waals surface area contributed by atoms with Gasteiger partial charge in [-0.05, 0) is 36.9 Å². The molecular weight excluding hydrogens is 180 g/mol. The van der Waals surface area contributed by atoms with E-state index in [0.717, 1.165) is 18.1 Å². The zero-order valence-corrected chi connectivity index (χ0v) is 9.66. The minimum absolute atomic E-state index is 0.0336. The number of fused-ring (bicyclic) bond motifs is 2. The molecule has 2 saturated carbocycles. The molecular formula is C11H20OS. The third kappa shape index (κ3) is 1.05. The molecule has 76 valence electrons. The van der Waals surface area contributed by atoms with Gasteiger partial charge in [0.2, 0.25) is 0 Å².